The van der Waals surface area contributed by atoms with E-state index in [9.17, 15) is 4.79 Å². The zero-order chi connectivity index (χ0) is 13.1. The first-order valence-corrected chi connectivity index (χ1v) is 5.47. The highest BCUT2D eigenvalue weighted by atomic mass is 16.4. The number of oxazole rings is 1. The molecule has 0 amide bonds. The fraction of sp³-hybridized carbons (Fsp3) is 0.364. The smallest absolute Gasteiger partial charge is 0.357 e. The van der Waals surface area contributed by atoms with Crippen LogP contribution in [-0.2, 0) is 13.5 Å². The van der Waals surface area contributed by atoms with Crippen molar-refractivity contribution in [3.63, 3.8) is 0 Å². The topological polar surface area (TPSA) is 93.2 Å². The van der Waals surface area contributed by atoms with Crippen LogP contribution >= 0.6 is 0 Å². The van der Waals surface area contributed by atoms with Crippen LogP contribution in [0.3, 0.4) is 0 Å². The second-order valence-corrected chi connectivity index (χ2v) is 4.11. The molecule has 2 rings (SSSR count). The van der Waals surface area contributed by atoms with Crippen molar-refractivity contribution in [2.45, 2.75) is 19.4 Å². The lowest BCUT2D eigenvalue weighted by atomic mass is 10.1. The summed E-state index contributed by atoms with van der Waals surface area (Å²) in [6, 6.07) is 0.276. The molecule has 2 heterocycles. The van der Waals surface area contributed by atoms with Gasteiger partial charge in [0.25, 0.3) is 6.01 Å². The van der Waals surface area contributed by atoms with Crippen molar-refractivity contribution in [1.29, 1.82) is 0 Å². The molecule has 0 aromatic carbocycles. The molecule has 0 fully saturated rings. The van der Waals surface area contributed by atoms with Crippen molar-refractivity contribution in [3.05, 3.63) is 29.9 Å². The van der Waals surface area contributed by atoms with Gasteiger partial charge >= 0.3 is 5.97 Å². The quantitative estimate of drug-likeness (QED) is 0.826. The maximum absolute atomic E-state index is 10.6. The molecule has 7 nitrogen and oxygen atoms in total. The first-order valence-electron chi connectivity index (χ1n) is 5.47. The maximum Gasteiger partial charge on any atom is 0.357 e. The Morgan fingerprint density at radius 1 is 1.67 bits per heavy atom. The van der Waals surface area contributed by atoms with Crippen molar-refractivity contribution < 1.29 is 14.3 Å². The molecule has 2 aromatic rings. The van der Waals surface area contributed by atoms with Gasteiger partial charge in [0.2, 0.25) is 0 Å². The lowest BCUT2D eigenvalue weighted by Crippen LogP contribution is -2.18. The van der Waals surface area contributed by atoms with Crippen LogP contribution in [0.5, 0.6) is 0 Å². The zero-order valence-electron chi connectivity index (χ0n) is 10.1. The average molecular weight is 250 g/mol. The Morgan fingerprint density at radius 3 is 3.00 bits per heavy atom. The van der Waals surface area contributed by atoms with E-state index >= 15 is 0 Å². The predicted molar refractivity (Wildman–Crippen MR) is 63.5 cm³/mol. The molecule has 7 heteroatoms. The summed E-state index contributed by atoms with van der Waals surface area (Å²) in [5, 5.41) is 15.8. The number of carboxylic acid groups (broad SMARTS) is 1. The highest BCUT2D eigenvalue weighted by Gasteiger charge is 2.12. The number of aromatic nitrogens is 3. The van der Waals surface area contributed by atoms with Gasteiger partial charge in [0.1, 0.15) is 6.26 Å². The van der Waals surface area contributed by atoms with Gasteiger partial charge in [-0.15, -0.1) is 0 Å². The number of aromatic carboxylic acids is 1. The molecule has 18 heavy (non-hydrogen) atoms. The fourth-order valence-corrected chi connectivity index (χ4v) is 1.63. The molecule has 2 N–H and O–H groups in total. The zero-order valence-corrected chi connectivity index (χ0v) is 10.1. The van der Waals surface area contributed by atoms with Gasteiger partial charge in [-0.1, -0.05) is 0 Å². The molecule has 0 aliphatic carbocycles. The second kappa shape index (κ2) is 4.91. The summed E-state index contributed by atoms with van der Waals surface area (Å²) >= 11 is 0. The average Bonchev–Trinajstić information content (AvgIpc) is 2.88. The van der Waals surface area contributed by atoms with E-state index in [0.717, 1.165) is 18.2 Å². The Balaban J connectivity index is 1.94. The predicted octanol–water partition coefficient (Wildman–Crippen LogP) is 1.15. The summed E-state index contributed by atoms with van der Waals surface area (Å²) in [6.45, 7) is 1.96. The molecular formula is C11H14N4O3. The summed E-state index contributed by atoms with van der Waals surface area (Å²) in [4.78, 5) is 14.4. The number of nitrogens with one attached hydrogen (secondary N) is 1. The standard InChI is InChI=1S/C11H14N4O3/c1-7(3-8-4-12-15(2)5-8)13-11-14-9(6-18-11)10(16)17/h4-7H,3H2,1-2H3,(H,13,14)(H,16,17). The van der Waals surface area contributed by atoms with E-state index in [4.69, 9.17) is 9.52 Å². The molecule has 0 aliphatic heterocycles. The van der Waals surface area contributed by atoms with Gasteiger partial charge in [0, 0.05) is 19.3 Å². The molecule has 1 atom stereocenters. The van der Waals surface area contributed by atoms with Crippen molar-refractivity contribution in [2.75, 3.05) is 5.32 Å². The molecule has 0 saturated carbocycles. The third-order valence-corrected chi connectivity index (χ3v) is 2.39. The van der Waals surface area contributed by atoms with Gasteiger partial charge in [0.05, 0.1) is 6.20 Å². The maximum atomic E-state index is 10.6. The highest BCUT2D eigenvalue weighted by molar-refractivity contribution is 5.85. The first-order chi connectivity index (χ1) is 8.54. The number of rotatable bonds is 5. The SMILES string of the molecule is CC(Cc1cnn(C)c1)Nc1nc(C(=O)O)co1. The number of carboxylic acids is 1. The van der Waals surface area contributed by atoms with E-state index in [0.29, 0.717) is 0 Å². The molecular weight excluding hydrogens is 236 g/mol. The van der Waals surface area contributed by atoms with Gasteiger partial charge in [-0.2, -0.15) is 10.1 Å². The Morgan fingerprint density at radius 2 is 2.44 bits per heavy atom. The Labute approximate surface area is 103 Å². The Hall–Kier alpha value is -2.31. The van der Waals surface area contributed by atoms with Crippen LogP contribution in [0.25, 0.3) is 0 Å². The van der Waals surface area contributed by atoms with Gasteiger partial charge in [0.15, 0.2) is 5.69 Å². The minimum absolute atomic E-state index is 0.0643. The van der Waals surface area contributed by atoms with Crippen LogP contribution in [0, 0.1) is 0 Å². The van der Waals surface area contributed by atoms with Gasteiger partial charge in [-0.05, 0) is 18.9 Å². The highest BCUT2D eigenvalue weighted by Crippen LogP contribution is 2.11. The number of hydrogen-bond acceptors (Lipinski definition) is 5. The van der Waals surface area contributed by atoms with Crippen molar-refractivity contribution >= 4 is 12.0 Å². The van der Waals surface area contributed by atoms with Crippen LogP contribution in [-0.4, -0.2) is 31.9 Å². The third-order valence-electron chi connectivity index (χ3n) is 2.39. The fourth-order valence-electron chi connectivity index (χ4n) is 1.63. The lowest BCUT2D eigenvalue weighted by Gasteiger charge is -2.10. The summed E-state index contributed by atoms with van der Waals surface area (Å²) in [5.41, 5.74) is 0.980. The van der Waals surface area contributed by atoms with E-state index in [1.807, 2.05) is 20.2 Å². The lowest BCUT2D eigenvalue weighted by molar-refractivity contribution is 0.0690. The summed E-state index contributed by atoms with van der Waals surface area (Å²) in [7, 11) is 1.86. The number of carbonyl (C=O) groups is 1. The minimum atomic E-state index is -1.10. The van der Waals surface area contributed by atoms with E-state index in [1.165, 1.54) is 0 Å². The largest absolute Gasteiger partial charge is 0.476 e. The molecule has 1 unspecified atom stereocenters. The molecule has 0 saturated heterocycles. The van der Waals surface area contributed by atoms with E-state index in [1.54, 1.807) is 10.9 Å². The number of aryl methyl sites for hydroxylation is 1. The number of hydrogen-bond donors (Lipinski definition) is 2. The Kier molecular flexibility index (Phi) is 3.31. The van der Waals surface area contributed by atoms with Gasteiger partial charge in [-0.25, -0.2) is 4.79 Å². The van der Waals surface area contributed by atoms with Gasteiger partial charge in [-0.3, -0.25) is 4.68 Å². The van der Waals surface area contributed by atoms with E-state index < -0.39 is 5.97 Å². The monoisotopic (exact) mass is 250 g/mol. The van der Waals surface area contributed by atoms with Crippen molar-refractivity contribution in [1.82, 2.24) is 14.8 Å². The summed E-state index contributed by atoms with van der Waals surface area (Å²) in [5.74, 6) is -1.10. The van der Waals surface area contributed by atoms with Crippen LogP contribution in [0.15, 0.2) is 23.1 Å². The first kappa shape index (κ1) is 12.2. The summed E-state index contributed by atoms with van der Waals surface area (Å²) < 4.78 is 6.75. The second-order valence-electron chi connectivity index (χ2n) is 4.11. The van der Waals surface area contributed by atoms with Crippen molar-refractivity contribution in [2.24, 2.45) is 7.05 Å². The van der Waals surface area contributed by atoms with Crippen LogP contribution in [0.1, 0.15) is 23.0 Å². The normalized spacial score (nSPS) is 12.3. The molecule has 96 valence electrons. The molecule has 0 spiro atoms. The van der Waals surface area contributed by atoms with Crippen LogP contribution < -0.4 is 5.32 Å². The molecule has 0 aliphatic rings. The molecule has 2 aromatic heterocycles. The Bertz CT molecular complexity index is 546. The van der Waals surface area contributed by atoms with Crippen molar-refractivity contribution in [3.8, 4) is 0 Å². The number of anilines is 1. The van der Waals surface area contributed by atoms with Crippen LogP contribution in [0.4, 0.5) is 6.01 Å². The minimum Gasteiger partial charge on any atom is -0.476 e. The summed E-state index contributed by atoms with van der Waals surface area (Å²) in [6.07, 6.45) is 5.58. The number of nitrogens with zero attached hydrogens (tertiary/aromatic N) is 3. The van der Waals surface area contributed by atoms with E-state index in [-0.39, 0.29) is 17.8 Å². The third kappa shape index (κ3) is 2.88. The molecule has 0 radical (unpaired) electrons. The molecule has 0 bridgehead atoms. The van der Waals surface area contributed by atoms with E-state index in [2.05, 4.69) is 15.4 Å². The van der Waals surface area contributed by atoms with Gasteiger partial charge < -0.3 is 14.8 Å². The van der Waals surface area contributed by atoms with Crippen LogP contribution in [0.2, 0.25) is 0 Å².